The molecule has 0 aliphatic rings. The third-order valence-corrected chi connectivity index (χ3v) is 2.00. The summed E-state index contributed by atoms with van der Waals surface area (Å²) in [4.78, 5) is 0. The first kappa shape index (κ1) is 10.9. The van der Waals surface area contributed by atoms with Gasteiger partial charge in [-0.25, -0.2) is 0 Å². The number of rotatable bonds is 5. The lowest BCUT2D eigenvalue weighted by Gasteiger charge is -2.32. The molecule has 0 aliphatic heterocycles. The van der Waals surface area contributed by atoms with Crippen LogP contribution in [0.1, 0.15) is 12.8 Å². The van der Waals surface area contributed by atoms with Crippen LogP contribution < -0.4 is 0 Å². The van der Waals surface area contributed by atoms with Crippen molar-refractivity contribution >= 4 is 0 Å². The Labute approximate surface area is 68.9 Å². The lowest BCUT2D eigenvalue weighted by atomic mass is 10.1. The molecule has 0 aromatic carbocycles. The van der Waals surface area contributed by atoms with Crippen molar-refractivity contribution in [2.24, 2.45) is 0 Å². The molecule has 0 fully saturated rings. The Morgan fingerprint density at radius 3 is 2.00 bits per heavy atom. The summed E-state index contributed by atoms with van der Waals surface area (Å²) in [6.45, 7) is 0.417. The highest BCUT2D eigenvalue weighted by Gasteiger charge is 2.21. The zero-order valence-electron chi connectivity index (χ0n) is 7.75. The Morgan fingerprint density at radius 1 is 1.18 bits per heavy atom. The van der Waals surface area contributed by atoms with Gasteiger partial charge in [-0.1, -0.05) is 0 Å². The molecule has 0 bridgehead atoms. The van der Waals surface area contributed by atoms with E-state index >= 15 is 0 Å². The summed E-state index contributed by atoms with van der Waals surface area (Å²) in [5.74, 6) is 0. The van der Waals surface area contributed by atoms with Crippen molar-refractivity contribution < 1.29 is 14.7 Å². The van der Waals surface area contributed by atoms with Gasteiger partial charge in [0.25, 0.3) is 0 Å². The van der Waals surface area contributed by atoms with Gasteiger partial charge < -0.3 is 14.7 Å². The van der Waals surface area contributed by atoms with Gasteiger partial charge in [0.15, 0.2) is 0 Å². The maximum Gasteiger partial charge on any atom is 0.112 e. The van der Waals surface area contributed by atoms with Gasteiger partial charge in [-0.2, -0.15) is 0 Å². The Bertz CT molecular complexity index is 98.8. The monoisotopic (exact) mass is 162 g/mol. The van der Waals surface area contributed by atoms with Crippen molar-refractivity contribution in [3.8, 4) is 0 Å². The maximum absolute atomic E-state index is 8.99. The van der Waals surface area contributed by atoms with E-state index in [1.165, 1.54) is 0 Å². The molecule has 0 saturated heterocycles. The van der Waals surface area contributed by atoms with Gasteiger partial charge in [0.1, 0.15) is 6.04 Å². The molecule has 0 amide bonds. The van der Waals surface area contributed by atoms with E-state index in [0.29, 0.717) is 0 Å². The Kier molecular flexibility index (Phi) is 4.65. The molecule has 0 rings (SSSR count). The molecule has 0 aromatic heterocycles. The fraction of sp³-hybridized carbons (Fsp3) is 1.00. The summed E-state index contributed by atoms with van der Waals surface area (Å²) in [6.07, 6.45) is 1.66. The summed E-state index contributed by atoms with van der Waals surface area (Å²) in [7, 11) is 6.16. The van der Waals surface area contributed by atoms with Crippen LogP contribution in [0.2, 0.25) is 0 Å². The molecule has 3 heteroatoms. The highest BCUT2D eigenvalue weighted by Crippen LogP contribution is 2.08. The van der Waals surface area contributed by atoms with Gasteiger partial charge in [-0.3, -0.25) is 0 Å². The first-order valence-electron chi connectivity index (χ1n) is 4.05. The van der Waals surface area contributed by atoms with Gasteiger partial charge in [-0.05, 0) is 6.42 Å². The second-order valence-corrected chi connectivity index (χ2v) is 3.82. The largest absolute Gasteiger partial charge is 0.396 e. The fourth-order valence-electron chi connectivity index (χ4n) is 1.05. The van der Waals surface area contributed by atoms with Gasteiger partial charge in [0.2, 0.25) is 0 Å². The van der Waals surface area contributed by atoms with Gasteiger partial charge in [0, 0.05) is 13.0 Å². The molecule has 0 radical (unpaired) electrons. The van der Waals surface area contributed by atoms with E-state index < -0.39 is 0 Å². The first-order chi connectivity index (χ1) is 5.02. The van der Waals surface area contributed by atoms with E-state index in [9.17, 15) is 0 Å². The SMILES string of the molecule is C[N+](C)(C)C(CO)CCCO. The molecule has 1 atom stereocenters. The molecule has 3 nitrogen and oxygen atoms in total. The number of likely N-dealkylation sites (N-methyl/N-ethyl adjacent to an activating group) is 1. The van der Waals surface area contributed by atoms with Crippen LogP contribution in [0.15, 0.2) is 0 Å². The molecule has 11 heavy (non-hydrogen) atoms. The lowest BCUT2D eigenvalue weighted by Crippen LogP contribution is -2.47. The number of nitrogens with zero attached hydrogens (tertiary/aromatic N) is 1. The number of quaternary nitrogens is 1. The van der Waals surface area contributed by atoms with Crippen molar-refractivity contribution in [3.63, 3.8) is 0 Å². The summed E-state index contributed by atoms with van der Waals surface area (Å²) in [5.41, 5.74) is 0. The van der Waals surface area contributed by atoms with Crippen LogP contribution in [0.3, 0.4) is 0 Å². The standard InChI is InChI=1S/C8H20NO2/c1-9(2,3)8(7-11)5-4-6-10/h8,10-11H,4-7H2,1-3H3/q+1. The summed E-state index contributed by atoms with van der Waals surface area (Å²) in [6, 6.07) is 0.252. The van der Waals surface area contributed by atoms with Crippen molar-refractivity contribution in [2.75, 3.05) is 34.4 Å². The third-order valence-electron chi connectivity index (χ3n) is 2.00. The lowest BCUT2D eigenvalue weighted by molar-refractivity contribution is -0.897. The maximum atomic E-state index is 8.99. The predicted octanol–water partition coefficient (Wildman–Crippen LogP) is -0.174. The molecular weight excluding hydrogens is 142 g/mol. The number of hydrogen-bond donors (Lipinski definition) is 2. The van der Waals surface area contributed by atoms with Crippen LogP contribution in [0.4, 0.5) is 0 Å². The minimum absolute atomic E-state index is 0.198. The van der Waals surface area contributed by atoms with E-state index in [4.69, 9.17) is 10.2 Å². The van der Waals surface area contributed by atoms with Crippen molar-refractivity contribution in [3.05, 3.63) is 0 Å². The van der Waals surface area contributed by atoms with E-state index in [-0.39, 0.29) is 19.3 Å². The van der Waals surface area contributed by atoms with E-state index in [1.54, 1.807) is 0 Å². The molecule has 2 N–H and O–H groups in total. The minimum Gasteiger partial charge on any atom is -0.396 e. The highest BCUT2D eigenvalue weighted by molar-refractivity contribution is 4.54. The van der Waals surface area contributed by atoms with E-state index in [2.05, 4.69) is 21.1 Å². The van der Waals surface area contributed by atoms with Crippen LogP contribution in [0.25, 0.3) is 0 Å². The van der Waals surface area contributed by atoms with Crippen LogP contribution in [-0.4, -0.2) is 55.1 Å². The smallest absolute Gasteiger partial charge is 0.112 e. The third kappa shape index (κ3) is 4.35. The summed E-state index contributed by atoms with van der Waals surface area (Å²) < 4.78 is 0.760. The minimum atomic E-state index is 0.198. The Balaban J connectivity index is 3.76. The normalized spacial score (nSPS) is 15.0. The first-order valence-corrected chi connectivity index (χ1v) is 4.05. The average Bonchev–Trinajstić information content (AvgIpc) is 1.87. The highest BCUT2D eigenvalue weighted by atomic mass is 16.3. The zero-order valence-corrected chi connectivity index (χ0v) is 7.75. The Morgan fingerprint density at radius 2 is 1.73 bits per heavy atom. The van der Waals surface area contributed by atoms with Gasteiger partial charge in [0.05, 0.1) is 27.7 Å². The van der Waals surface area contributed by atoms with Gasteiger partial charge in [-0.15, -0.1) is 0 Å². The molecule has 0 aliphatic carbocycles. The van der Waals surface area contributed by atoms with Crippen molar-refractivity contribution in [1.82, 2.24) is 0 Å². The van der Waals surface area contributed by atoms with Gasteiger partial charge >= 0.3 is 0 Å². The van der Waals surface area contributed by atoms with E-state index in [1.807, 2.05) is 0 Å². The zero-order chi connectivity index (χ0) is 8.91. The van der Waals surface area contributed by atoms with Crippen molar-refractivity contribution in [2.45, 2.75) is 18.9 Å². The number of aliphatic hydroxyl groups is 2. The van der Waals surface area contributed by atoms with E-state index in [0.717, 1.165) is 17.3 Å². The van der Waals surface area contributed by atoms with Crippen LogP contribution in [0, 0.1) is 0 Å². The van der Waals surface area contributed by atoms with Crippen molar-refractivity contribution in [1.29, 1.82) is 0 Å². The molecule has 0 saturated carbocycles. The molecule has 0 heterocycles. The average molecular weight is 162 g/mol. The summed E-state index contributed by atoms with van der Waals surface area (Å²) in [5, 5.41) is 17.6. The summed E-state index contributed by atoms with van der Waals surface area (Å²) >= 11 is 0. The molecule has 0 aromatic rings. The molecule has 1 unspecified atom stereocenters. The molecule has 68 valence electrons. The quantitative estimate of drug-likeness (QED) is 0.551. The second-order valence-electron chi connectivity index (χ2n) is 3.82. The molecule has 0 spiro atoms. The predicted molar refractivity (Wildman–Crippen MR) is 45.2 cm³/mol. The van der Waals surface area contributed by atoms with Crippen LogP contribution >= 0.6 is 0 Å². The number of hydrogen-bond acceptors (Lipinski definition) is 2. The fourth-order valence-corrected chi connectivity index (χ4v) is 1.05. The topological polar surface area (TPSA) is 40.5 Å². The number of aliphatic hydroxyl groups excluding tert-OH is 2. The molecular formula is C8H20NO2+. The van der Waals surface area contributed by atoms with Crippen LogP contribution in [0.5, 0.6) is 0 Å². The van der Waals surface area contributed by atoms with Crippen LogP contribution in [-0.2, 0) is 0 Å². The second kappa shape index (κ2) is 4.70. The Hall–Kier alpha value is -0.120.